The van der Waals surface area contributed by atoms with Gasteiger partial charge >= 0.3 is 0 Å². The maximum absolute atomic E-state index is 12.7. The van der Waals surface area contributed by atoms with E-state index < -0.39 is 6.04 Å². The summed E-state index contributed by atoms with van der Waals surface area (Å²) < 4.78 is 7.32. The average molecular weight is 596 g/mol. The van der Waals surface area contributed by atoms with Crippen LogP contribution in [0.5, 0.6) is 5.88 Å². The summed E-state index contributed by atoms with van der Waals surface area (Å²) in [6, 6.07) is 17.2. The first-order valence-electron chi connectivity index (χ1n) is 14.5. The van der Waals surface area contributed by atoms with Crippen molar-refractivity contribution in [1.82, 2.24) is 24.7 Å². The molecule has 0 saturated carbocycles. The van der Waals surface area contributed by atoms with Crippen molar-refractivity contribution in [3.8, 4) is 40.2 Å². The molecule has 4 aromatic heterocycles. The van der Waals surface area contributed by atoms with Crippen LogP contribution in [-0.4, -0.2) is 52.5 Å². The standard InChI is InChI=1S/C36H33N7O2/c1-22-17-18-43-32(19-22)41-34(27-11-16-33(45-6)38-21-27)35(43)28-12-15-31(40-36(44)24(3)37-4)39-29(28)13-8-25-9-14-30-26(20-25)10-7-23(2)42(30)5/h7,9-12,14-21,24,37H,2H2,1,3-6H3,(H,39,40,44)/t24-/m0/s1. The maximum Gasteiger partial charge on any atom is 0.242 e. The van der Waals surface area contributed by atoms with Crippen LogP contribution >= 0.6 is 0 Å². The number of amides is 1. The molecular weight excluding hydrogens is 562 g/mol. The molecule has 9 nitrogen and oxygen atoms in total. The van der Waals surface area contributed by atoms with Gasteiger partial charge < -0.3 is 20.3 Å². The molecule has 2 N–H and O–H groups in total. The molecule has 45 heavy (non-hydrogen) atoms. The first-order chi connectivity index (χ1) is 21.7. The lowest BCUT2D eigenvalue weighted by molar-refractivity contribution is -0.117. The number of hydrogen-bond acceptors (Lipinski definition) is 7. The van der Waals surface area contributed by atoms with Gasteiger partial charge in [-0.05, 0) is 92.5 Å². The Morgan fingerprint density at radius 3 is 2.64 bits per heavy atom. The molecule has 0 spiro atoms. The number of nitrogens with zero attached hydrogens (tertiary/aromatic N) is 5. The molecule has 1 aliphatic heterocycles. The maximum atomic E-state index is 12.7. The first kappa shape index (κ1) is 29.4. The number of likely N-dealkylation sites (N-methyl/N-ethyl adjacent to an activating group) is 2. The van der Waals surface area contributed by atoms with E-state index in [1.54, 1.807) is 33.3 Å². The van der Waals surface area contributed by atoms with Gasteiger partial charge in [0, 0.05) is 53.6 Å². The van der Waals surface area contributed by atoms with Crippen LogP contribution in [0.15, 0.2) is 85.3 Å². The summed E-state index contributed by atoms with van der Waals surface area (Å²) in [6.45, 7) is 7.91. The number of benzene rings is 1. The van der Waals surface area contributed by atoms with Crippen molar-refractivity contribution < 1.29 is 9.53 Å². The second kappa shape index (κ2) is 12.1. The van der Waals surface area contributed by atoms with Crippen LogP contribution in [0.25, 0.3) is 34.2 Å². The van der Waals surface area contributed by atoms with Gasteiger partial charge in [-0.1, -0.05) is 18.6 Å². The predicted octanol–water partition coefficient (Wildman–Crippen LogP) is 5.70. The quantitative estimate of drug-likeness (QED) is 0.243. The van der Waals surface area contributed by atoms with Gasteiger partial charge in [-0.2, -0.15) is 0 Å². The highest BCUT2D eigenvalue weighted by Gasteiger charge is 2.21. The van der Waals surface area contributed by atoms with E-state index in [9.17, 15) is 4.79 Å². The molecule has 9 heteroatoms. The van der Waals surface area contributed by atoms with Gasteiger partial charge in [0.25, 0.3) is 0 Å². The van der Waals surface area contributed by atoms with E-state index in [2.05, 4.69) is 34.0 Å². The molecule has 0 fully saturated rings. The van der Waals surface area contributed by atoms with Crippen LogP contribution in [0.1, 0.15) is 29.3 Å². The van der Waals surface area contributed by atoms with Crippen molar-refractivity contribution in [1.29, 1.82) is 0 Å². The predicted molar refractivity (Wildman–Crippen MR) is 179 cm³/mol. The Morgan fingerprint density at radius 2 is 1.89 bits per heavy atom. The Kier molecular flexibility index (Phi) is 7.90. The fraction of sp³-hybridized carbons (Fsp3) is 0.167. The fourth-order valence-electron chi connectivity index (χ4n) is 5.08. The molecule has 1 aromatic carbocycles. The normalized spacial score (nSPS) is 12.8. The average Bonchev–Trinajstić information content (AvgIpc) is 3.43. The topological polar surface area (TPSA) is 96.7 Å². The number of nitrogens with one attached hydrogen (secondary N) is 2. The van der Waals surface area contributed by atoms with Gasteiger partial charge in [-0.15, -0.1) is 0 Å². The number of allylic oxidation sites excluding steroid dienone is 1. The molecule has 5 aromatic rings. The number of anilines is 2. The van der Waals surface area contributed by atoms with Crippen LogP contribution in [0.3, 0.4) is 0 Å². The summed E-state index contributed by atoms with van der Waals surface area (Å²) in [5.74, 6) is 7.35. The van der Waals surface area contributed by atoms with E-state index in [0.717, 1.165) is 56.2 Å². The second-order valence-corrected chi connectivity index (χ2v) is 10.8. The Bertz CT molecular complexity index is 2050. The Morgan fingerprint density at radius 1 is 1.04 bits per heavy atom. The Balaban J connectivity index is 1.52. The van der Waals surface area contributed by atoms with E-state index in [-0.39, 0.29) is 5.91 Å². The van der Waals surface area contributed by atoms with Gasteiger partial charge in [0.2, 0.25) is 11.8 Å². The van der Waals surface area contributed by atoms with Crippen molar-refractivity contribution in [2.45, 2.75) is 19.9 Å². The molecule has 0 saturated heterocycles. The number of hydrogen-bond donors (Lipinski definition) is 2. The van der Waals surface area contributed by atoms with Gasteiger partial charge in [-0.3, -0.25) is 9.20 Å². The molecule has 1 aliphatic rings. The SMILES string of the molecule is C=C1C=Cc2cc(C#Cc3nc(NC(=O)[C@H](C)NC)ccc3-c3c(-c4ccc(OC)nc4)nc4cc(C)ccn34)ccc2N1C. The highest BCUT2D eigenvalue weighted by molar-refractivity contribution is 5.94. The molecule has 0 radical (unpaired) electrons. The first-order valence-corrected chi connectivity index (χ1v) is 14.5. The number of carbonyl (C=O) groups excluding carboxylic acids is 1. The fourth-order valence-corrected chi connectivity index (χ4v) is 5.08. The Labute approximate surface area is 262 Å². The number of carbonyl (C=O) groups is 1. The molecule has 224 valence electrons. The smallest absolute Gasteiger partial charge is 0.242 e. The lowest BCUT2D eigenvalue weighted by Crippen LogP contribution is -2.35. The summed E-state index contributed by atoms with van der Waals surface area (Å²) in [5, 5.41) is 5.87. The summed E-state index contributed by atoms with van der Waals surface area (Å²) >= 11 is 0. The van der Waals surface area contributed by atoms with Crippen molar-refractivity contribution in [3.63, 3.8) is 0 Å². The van der Waals surface area contributed by atoms with E-state index in [1.807, 2.05) is 90.2 Å². The van der Waals surface area contributed by atoms with Crippen molar-refractivity contribution in [2.75, 3.05) is 31.4 Å². The number of methoxy groups -OCH3 is 1. The molecule has 6 rings (SSSR count). The van der Waals surface area contributed by atoms with Crippen molar-refractivity contribution in [2.24, 2.45) is 0 Å². The minimum Gasteiger partial charge on any atom is -0.481 e. The molecule has 1 amide bonds. The highest BCUT2D eigenvalue weighted by Crippen LogP contribution is 2.35. The molecule has 0 bridgehead atoms. The minimum atomic E-state index is -0.394. The number of aromatic nitrogens is 4. The van der Waals surface area contributed by atoms with E-state index >= 15 is 0 Å². The summed E-state index contributed by atoms with van der Waals surface area (Å²) in [7, 11) is 5.32. The third-order valence-corrected chi connectivity index (χ3v) is 7.83. The Hall–Kier alpha value is -5.72. The van der Waals surface area contributed by atoms with Gasteiger partial charge in [-0.25, -0.2) is 15.0 Å². The summed E-state index contributed by atoms with van der Waals surface area (Å²) in [6.07, 6.45) is 7.77. The second-order valence-electron chi connectivity index (χ2n) is 10.8. The van der Waals surface area contributed by atoms with Crippen molar-refractivity contribution in [3.05, 3.63) is 108 Å². The van der Waals surface area contributed by atoms with Crippen LogP contribution in [0.2, 0.25) is 0 Å². The molecule has 0 unspecified atom stereocenters. The molecule has 0 aliphatic carbocycles. The van der Waals surface area contributed by atoms with E-state index in [4.69, 9.17) is 14.7 Å². The third-order valence-electron chi connectivity index (χ3n) is 7.83. The molecule has 1 atom stereocenters. The number of aryl methyl sites for hydroxylation is 1. The van der Waals surface area contributed by atoms with Crippen molar-refractivity contribution >= 4 is 29.1 Å². The van der Waals surface area contributed by atoms with Gasteiger partial charge in [0.1, 0.15) is 17.2 Å². The third kappa shape index (κ3) is 5.79. The van der Waals surface area contributed by atoms with Crippen LogP contribution < -0.4 is 20.3 Å². The minimum absolute atomic E-state index is 0.195. The van der Waals surface area contributed by atoms with E-state index in [1.165, 1.54) is 0 Å². The van der Waals surface area contributed by atoms with Crippen LogP contribution in [-0.2, 0) is 4.79 Å². The zero-order valence-electron chi connectivity index (χ0n) is 25.8. The lowest BCUT2D eigenvalue weighted by Gasteiger charge is -2.25. The van der Waals surface area contributed by atoms with Gasteiger partial charge in [0.15, 0.2) is 0 Å². The number of ether oxygens (including phenoxy) is 1. The van der Waals surface area contributed by atoms with Crippen LogP contribution in [0.4, 0.5) is 11.5 Å². The molecule has 5 heterocycles. The number of fused-ring (bicyclic) bond motifs is 2. The van der Waals surface area contributed by atoms with Crippen LogP contribution in [0, 0.1) is 18.8 Å². The number of rotatable bonds is 6. The largest absolute Gasteiger partial charge is 0.481 e. The zero-order valence-corrected chi connectivity index (χ0v) is 25.8. The molecular formula is C36H33N7O2. The zero-order chi connectivity index (χ0) is 31.7. The summed E-state index contributed by atoms with van der Waals surface area (Å²) in [4.78, 5) is 29.1. The van der Waals surface area contributed by atoms with Gasteiger partial charge in [0.05, 0.1) is 24.5 Å². The number of imidazole rings is 1. The van der Waals surface area contributed by atoms with E-state index in [0.29, 0.717) is 17.4 Å². The lowest BCUT2D eigenvalue weighted by atomic mass is 10.0. The number of pyridine rings is 3. The monoisotopic (exact) mass is 595 g/mol. The summed E-state index contributed by atoms with van der Waals surface area (Å²) in [5.41, 5.74) is 9.35. The highest BCUT2D eigenvalue weighted by atomic mass is 16.5.